The van der Waals surface area contributed by atoms with Gasteiger partial charge in [-0.25, -0.2) is 4.79 Å². The van der Waals surface area contributed by atoms with Crippen LogP contribution in [0.2, 0.25) is 0 Å². The van der Waals surface area contributed by atoms with E-state index in [1.807, 2.05) is 30.3 Å². The van der Waals surface area contributed by atoms with Crippen molar-refractivity contribution in [3.8, 4) is 5.75 Å². The third-order valence-electron chi connectivity index (χ3n) is 1.13. The third kappa shape index (κ3) is 7.95. The van der Waals surface area contributed by atoms with E-state index in [-0.39, 0.29) is 0 Å². The van der Waals surface area contributed by atoms with Crippen molar-refractivity contribution in [2.24, 2.45) is 0 Å². The summed E-state index contributed by atoms with van der Waals surface area (Å²) in [4.78, 5) is 11.5. The van der Waals surface area contributed by atoms with Gasteiger partial charge in [0.25, 0.3) is 0 Å². The smallest absolute Gasteiger partial charge is 0.411 e. The Morgan fingerprint density at radius 3 is 2.40 bits per heavy atom. The van der Waals surface area contributed by atoms with Crippen LogP contribution in [-0.2, 0) is 4.79 Å². The van der Waals surface area contributed by atoms with Gasteiger partial charge < -0.3 is 15.4 Å². The summed E-state index contributed by atoms with van der Waals surface area (Å²) in [5.74, 6) is -0.426. The topological polar surface area (TPSA) is 82.9 Å². The average molecular weight is 206 g/mol. The van der Waals surface area contributed by atoms with E-state index in [9.17, 15) is 4.79 Å². The van der Waals surface area contributed by atoms with Crippen LogP contribution in [0.25, 0.3) is 5.53 Å². The molecule has 0 heterocycles. The van der Waals surface area contributed by atoms with Crippen LogP contribution in [0.15, 0.2) is 43.2 Å². The molecule has 1 aromatic carbocycles. The van der Waals surface area contributed by atoms with Gasteiger partial charge >= 0.3 is 12.2 Å². The van der Waals surface area contributed by atoms with Crippen molar-refractivity contribution in [2.45, 2.75) is 0 Å². The quantitative estimate of drug-likeness (QED) is 0.352. The molecule has 15 heavy (non-hydrogen) atoms. The molecule has 0 aliphatic carbocycles. The number of nitrogens with zero attached hydrogens (tertiary/aromatic N) is 2. The molecule has 0 aliphatic rings. The van der Waals surface area contributed by atoms with Gasteiger partial charge in [-0.05, 0) is 12.1 Å². The Morgan fingerprint density at radius 1 is 1.47 bits per heavy atom. The highest BCUT2D eigenvalue weighted by atomic mass is 16.5. The molecule has 0 fully saturated rings. The molecule has 0 radical (unpaired) electrons. The van der Waals surface area contributed by atoms with Gasteiger partial charge in [0.1, 0.15) is 5.75 Å². The summed E-state index contributed by atoms with van der Waals surface area (Å²) in [6, 6.07) is 9.52. The Balaban J connectivity index is 0.000000288. The van der Waals surface area contributed by atoms with Gasteiger partial charge in [0, 0.05) is 0 Å². The van der Waals surface area contributed by atoms with Crippen LogP contribution >= 0.6 is 0 Å². The minimum absolute atomic E-state index is 0.389. The van der Waals surface area contributed by atoms with Gasteiger partial charge in [-0.2, -0.15) is 4.79 Å². The van der Waals surface area contributed by atoms with Crippen LogP contribution in [-0.4, -0.2) is 22.1 Å². The standard InChI is InChI=1S/C8H8O.C2H2N2O2/c1-2-9-8-6-4-3-5-7-8;3-4-1-2(5)6/h2-7H,1H2;1H,(H,5,6). The summed E-state index contributed by atoms with van der Waals surface area (Å²) in [5, 5.41) is 7.60. The summed E-state index contributed by atoms with van der Waals surface area (Å²) in [6.45, 7) is 3.43. The second-order valence-electron chi connectivity index (χ2n) is 2.18. The van der Waals surface area contributed by atoms with E-state index in [0.29, 0.717) is 6.21 Å². The Bertz CT molecular complexity index is 356. The number of rotatable bonds is 3. The fourth-order valence-corrected chi connectivity index (χ4v) is 0.645. The first kappa shape index (κ1) is 12.6. The second kappa shape index (κ2) is 8.22. The van der Waals surface area contributed by atoms with Crippen LogP contribution in [0.1, 0.15) is 0 Å². The van der Waals surface area contributed by atoms with Gasteiger partial charge in [-0.3, -0.25) is 0 Å². The van der Waals surface area contributed by atoms with Crippen molar-refractivity contribution in [2.75, 3.05) is 0 Å². The summed E-state index contributed by atoms with van der Waals surface area (Å²) in [6.07, 6.45) is 1.80. The number of carboxylic acid groups (broad SMARTS) is 1. The molecule has 0 bridgehead atoms. The SMILES string of the molecule is C=COc1ccccc1.[N-]=[N+]=CC(=O)O. The summed E-state index contributed by atoms with van der Waals surface area (Å²) < 4.78 is 4.97. The maximum atomic E-state index is 9.29. The Kier molecular flexibility index (Phi) is 6.91. The molecule has 78 valence electrons. The normalized spacial score (nSPS) is 7.47. The Hall–Kier alpha value is -2.39. The number of hydrogen-bond acceptors (Lipinski definition) is 2. The summed E-state index contributed by atoms with van der Waals surface area (Å²) in [7, 11) is 0. The largest absolute Gasteiger partial charge is 0.473 e. The summed E-state index contributed by atoms with van der Waals surface area (Å²) >= 11 is 0. The number of benzene rings is 1. The number of carboxylic acids is 1. The summed E-state index contributed by atoms with van der Waals surface area (Å²) in [5.41, 5.74) is 7.43. The second-order valence-corrected chi connectivity index (χ2v) is 2.18. The molecule has 1 N–H and O–H groups in total. The van der Waals surface area contributed by atoms with Gasteiger partial charge in [0.05, 0.1) is 6.26 Å². The van der Waals surface area contributed by atoms with Crippen molar-refractivity contribution < 1.29 is 19.4 Å². The van der Waals surface area contributed by atoms with Crippen LogP contribution < -0.4 is 4.74 Å². The molecule has 0 aliphatic heterocycles. The molecule has 0 spiro atoms. The molecule has 0 saturated heterocycles. The maximum Gasteiger partial charge on any atom is 0.411 e. The minimum atomic E-state index is -1.25. The van der Waals surface area contributed by atoms with E-state index in [0.717, 1.165) is 5.75 Å². The van der Waals surface area contributed by atoms with Crippen molar-refractivity contribution in [1.82, 2.24) is 0 Å². The van der Waals surface area contributed by atoms with Gasteiger partial charge in [0.15, 0.2) is 0 Å². The monoisotopic (exact) mass is 206 g/mol. The molecular weight excluding hydrogens is 196 g/mol. The highest BCUT2D eigenvalue weighted by molar-refractivity contribution is 6.19. The number of aliphatic carboxylic acids is 1. The number of para-hydroxylation sites is 1. The molecule has 5 nitrogen and oxygen atoms in total. The lowest BCUT2D eigenvalue weighted by atomic mass is 10.3. The van der Waals surface area contributed by atoms with E-state index in [1.165, 1.54) is 6.26 Å². The predicted molar refractivity (Wildman–Crippen MR) is 54.6 cm³/mol. The number of carbonyl (C=O) groups is 1. The highest BCUT2D eigenvalue weighted by Crippen LogP contribution is 2.07. The molecule has 0 unspecified atom stereocenters. The molecule has 0 atom stereocenters. The van der Waals surface area contributed by atoms with E-state index in [4.69, 9.17) is 15.4 Å². The fraction of sp³-hybridized carbons (Fsp3) is 0. The van der Waals surface area contributed by atoms with E-state index < -0.39 is 5.97 Å². The number of hydrogen-bond donors (Lipinski definition) is 1. The van der Waals surface area contributed by atoms with Crippen LogP contribution in [0.3, 0.4) is 0 Å². The zero-order chi connectivity index (χ0) is 11.5. The molecule has 0 saturated carbocycles. The molecular formula is C10H10N2O3. The lowest BCUT2D eigenvalue weighted by Crippen LogP contribution is -1.94. The third-order valence-corrected chi connectivity index (χ3v) is 1.13. The Morgan fingerprint density at radius 2 is 2.07 bits per heavy atom. The minimum Gasteiger partial charge on any atom is -0.473 e. The van der Waals surface area contributed by atoms with E-state index in [2.05, 4.69) is 11.4 Å². The molecule has 5 heteroatoms. The lowest BCUT2D eigenvalue weighted by Gasteiger charge is -1.95. The van der Waals surface area contributed by atoms with Crippen molar-refractivity contribution >= 4 is 12.2 Å². The van der Waals surface area contributed by atoms with Crippen LogP contribution in [0.4, 0.5) is 0 Å². The van der Waals surface area contributed by atoms with Crippen molar-refractivity contribution in [1.29, 1.82) is 0 Å². The van der Waals surface area contributed by atoms with Crippen molar-refractivity contribution in [3.63, 3.8) is 0 Å². The molecule has 0 aromatic heterocycles. The van der Waals surface area contributed by atoms with E-state index in [1.54, 1.807) is 0 Å². The zero-order valence-electron chi connectivity index (χ0n) is 7.91. The predicted octanol–water partition coefficient (Wildman–Crippen LogP) is 1.58. The first-order valence-electron chi connectivity index (χ1n) is 3.93. The van der Waals surface area contributed by atoms with E-state index >= 15 is 0 Å². The zero-order valence-corrected chi connectivity index (χ0v) is 7.91. The van der Waals surface area contributed by atoms with Gasteiger partial charge in [0.2, 0.25) is 0 Å². The Labute approximate surface area is 86.9 Å². The molecule has 1 rings (SSSR count). The molecule has 0 amide bonds. The lowest BCUT2D eigenvalue weighted by molar-refractivity contribution is -0.132. The number of ether oxygens (including phenoxy) is 1. The molecule has 1 aromatic rings. The first-order chi connectivity index (χ1) is 7.20. The van der Waals surface area contributed by atoms with Gasteiger partial charge in [-0.15, -0.1) is 0 Å². The van der Waals surface area contributed by atoms with Crippen LogP contribution in [0, 0.1) is 0 Å². The van der Waals surface area contributed by atoms with Crippen molar-refractivity contribution in [3.05, 3.63) is 48.7 Å². The fourth-order valence-electron chi connectivity index (χ4n) is 0.645. The average Bonchev–Trinajstić information content (AvgIpc) is 2.20. The highest BCUT2D eigenvalue weighted by Gasteiger charge is 1.88. The first-order valence-corrected chi connectivity index (χ1v) is 3.93. The van der Waals surface area contributed by atoms with Crippen LogP contribution in [0.5, 0.6) is 5.75 Å². The van der Waals surface area contributed by atoms with Gasteiger partial charge in [-0.1, -0.05) is 24.8 Å². The maximum absolute atomic E-state index is 9.29.